The zero-order chi connectivity index (χ0) is 12.7. The summed E-state index contributed by atoms with van der Waals surface area (Å²) in [6.45, 7) is 9.43. The molecule has 4 heteroatoms. The van der Waals surface area contributed by atoms with Crippen LogP contribution in [0.5, 0.6) is 0 Å². The number of aliphatic hydroxyl groups is 1. The van der Waals surface area contributed by atoms with Gasteiger partial charge in [0.05, 0.1) is 6.61 Å². The van der Waals surface area contributed by atoms with Crippen molar-refractivity contribution >= 4 is 11.3 Å². The highest BCUT2D eigenvalue weighted by atomic mass is 32.1. The van der Waals surface area contributed by atoms with E-state index < -0.39 is 0 Å². The van der Waals surface area contributed by atoms with Gasteiger partial charge in [0.1, 0.15) is 0 Å². The van der Waals surface area contributed by atoms with Crippen LogP contribution in [0.25, 0.3) is 0 Å². The van der Waals surface area contributed by atoms with Gasteiger partial charge in [-0.2, -0.15) is 0 Å². The second kappa shape index (κ2) is 7.61. The zero-order valence-electron chi connectivity index (χ0n) is 10.7. The summed E-state index contributed by atoms with van der Waals surface area (Å²) < 4.78 is 0. The molecule has 1 rings (SSSR count). The van der Waals surface area contributed by atoms with Crippen molar-refractivity contribution in [3.05, 3.63) is 34.0 Å². The van der Waals surface area contributed by atoms with Crippen LogP contribution in [-0.2, 0) is 13.1 Å². The van der Waals surface area contributed by atoms with Crippen molar-refractivity contribution in [3.8, 4) is 0 Å². The molecule has 0 spiro atoms. The second-order valence-electron chi connectivity index (χ2n) is 4.07. The summed E-state index contributed by atoms with van der Waals surface area (Å²) in [4.78, 5) is 4.93. The minimum Gasteiger partial charge on any atom is -0.395 e. The standard InChI is InChI=1S/C13H22N2OS/c1-4-5-15(6-7-16)10-12-8-13(9-14-3)17-11(12)2/h4,8,14,16H,1,5-7,9-10H2,2-3H3. The molecule has 0 saturated carbocycles. The SMILES string of the molecule is C=CCN(CCO)Cc1cc(CNC)sc1C. The lowest BCUT2D eigenvalue weighted by molar-refractivity contribution is 0.203. The Morgan fingerprint density at radius 2 is 2.35 bits per heavy atom. The van der Waals surface area contributed by atoms with Gasteiger partial charge in [0.15, 0.2) is 0 Å². The second-order valence-corrected chi connectivity index (χ2v) is 5.41. The number of rotatable bonds is 8. The van der Waals surface area contributed by atoms with E-state index >= 15 is 0 Å². The number of aryl methyl sites for hydroxylation is 1. The molecule has 0 amide bonds. The largest absolute Gasteiger partial charge is 0.395 e. The van der Waals surface area contributed by atoms with Crippen molar-refractivity contribution in [2.75, 3.05) is 26.7 Å². The first-order valence-electron chi connectivity index (χ1n) is 5.88. The molecule has 0 bridgehead atoms. The maximum absolute atomic E-state index is 9.02. The molecule has 0 aliphatic carbocycles. The molecule has 0 atom stereocenters. The Hall–Kier alpha value is -0.680. The predicted molar refractivity (Wildman–Crippen MR) is 74.4 cm³/mol. The summed E-state index contributed by atoms with van der Waals surface area (Å²) >= 11 is 1.84. The summed E-state index contributed by atoms with van der Waals surface area (Å²) in [6.07, 6.45) is 1.88. The Labute approximate surface area is 108 Å². The molecule has 1 heterocycles. The van der Waals surface area contributed by atoms with E-state index in [4.69, 9.17) is 5.11 Å². The van der Waals surface area contributed by atoms with Gasteiger partial charge in [-0.1, -0.05) is 6.08 Å². The maximum atomic E-state index is 9.02. The van der Waals surface area contributed by atoms with Crippen molar-refractivity contribution in [2.45, 2.75) is 20.0 Å². The van der Waals surface area contributed by atoms with Crippen LogP contribution in [0.3, 0.4) is 0 Å². The third-order valence-corrected chi connectivity index (χ3v) is 3.71. The number of hydrogen-bond acceptors (Lipinski definition) is 4. The molecule has 96 valence electrons. The lowest BCUT2D eigenvalue weighted by atomic mass is 10.2. The fraction of sp³-hybridized carbons (Fsp3) is 0.538. The molecule has 0 unspecified atom stereocenters. The average Bonchev–Trinajstić information content (AvgIpc) is 2.60. The first-order valence-corrected chi connectivity index (χ1v) is 6.69. The van der Waals surface area contributed by atoms with E-state index in [2.05, 4.69) is 29.8 Å². The van der Waals surface area contributed by atoms with Gasteiger partial charge in [0, 0.05) is 35.9 Å². The van der Waals surface area contributed by atoms with Gasteiger partial charge in [0.2, 0.25) is 0 Å². The molecule has 1 aromatic rings. The fourth-order valence-corrected chi connectivity index (χ4v) is 2.87. The first-order chi connectivity index (χ1) is 8.21. The Kier molecular flexibility index (Phi) is 6.44. The number of thiophene rings is 1. The lowest BCUT2D eigenvalue weighted by Crippen LogP contribution is -2.26. The third-order valence-electron chi connectivity index (χ3n) is 2.62. The van der Waals surface area contributed by atoms with Crippen LogP contribution < -0.4 is 5.32 Å². The monoisotopic (exact) mass is 254 g/mol. The minimum atomic E-state index is 0.195. The molecule has 17 heavy (non-hydrogen) atoms. The Bertz CT molecular complexity index is 349. The van der Waals surface area contributed by atoms with E-state index in [1.165, 1.54) is 15.3 Å². The van der Waals surface area contributed by atoms with E-state index in [-0.39, 0.29) is 6.61 Å². The first kappa shape index (κ1) is 14.4. The number of nitrogens with zero attached hydrogens (tertiary/aromatic N) is 1. The normalized spacial score (nSPS) is 11.1. The van der Waals surface area contributed by atoms with Crippen LogP contribution >= 0.6 is 11.3 Å². The van der Waals surface area contributed by atoms with Crippen LogP contribution in [0.15, 0.2) is 18.7 Å². The van der Waals surface area contributed by atoms with E-state index in [0.29, 0.717) is 6.54 Å². The molecule has 2 N–H and O–H groups in total. The Morgan fingerprint density at radius 3 is 2.94 bits per heavy atom. The number of nitrogens with one attached hydrogen (secondary N) is 1. The highest BCUT2D eigenvalue weighted by molar-refractivity contribution is 7.12. The molecular formula is C13H22N2OS. The molecule has 0 aromatic carbocycles. The van der Waals surface area contributed by atoms with Crippen molar-refractivity contribution < 1.29 is 5.11 Å². The molecule has 1 aromatic heterocycles. The number of hydrogen-bond donors (Lipinski definition) is 2. The molecular weight excluding hydrogens is 232 g/mol. The maximum Gasteiger partial charge on any atom is 0.0558 e. The van der Waals surface area contributed by atoms with Gasteiger partial charge in [-0.3, -0.25) is 4.90 Å². The summed E-state index contributed by atoms with van der Waals surface area (Å²) in [6, 6.07) is 2.25. The van der Waals surface area contributed by atoms with E-state index in [1.807, 2.05) is 24.5 Å². The summed E-state index contributed by atoms with van der Waals surface area (Å²) in [5, 5.41) is 12.2. The highest BCUT2D eigenvalue weighted by Gasteiger charge is 2.09. The van der Waals surface area contributed by atoms with Gasteiger partial charge >= 0.3 is 0 Å². The zero-order valence-corrected chi connectivity index (χ0v) is 11.5. The van der Waals surface area contributed by atoms with E-state index in [1.54, 1.807) is 0 Å². The van der Waals surface area contributed by atoms with Gasteiger partial charge in [0.25, 0.3) is 0 Å². The number of aliphatic hydroxyl groups excluding tert-OH is 1. The van der Waals surface area contributed by atoms with Crippen molar-refractivity contribution in [1.82, 2.24) is 10.2 Å². The van der Waals surface area contributed by atoms with Gasteiger partial charge < -0.3 is 10.4 Å². The van der Waals surface area contributed by atoms with Crippen LogP contribution in [0.4, 0.5) is 0 Å². The third kappa shape index (κ3) is 4.60. The summed E-state index contributed by atoms with van der Waals surface area (Å²) in [5.74, 6) is 0. The van der Waals surface area contributed by atoms with Crippen molar-refractivity contribution in [1.29, 1.82) is 0 Å². The Morgan fingerprint density at radius 1 is 1.59 bits per heavy atom. The topological polar surface area (TPSA) is 35.5 Å². The van der Waals surface area contributed by atoms with Crippen LogP contribution in [-0.4, -0.2) is 36.8 Å². The van der Waals surface area contributed by atoms with Gasteiger partial charge in [-0.25, -0.2) is 0 Å². The molecule has 0 aliphatic heterocycles. The molecule has 0 aliphatic rings. The molecule has 0 fully saturated rings. The smallest absolute Gasteiger partial charge is 0.0558 e. The fourth-order valence-electron chi connectivity index (χ4n) is 1.81. The van der Waals surface area contributed by atoms with Gasteiger partial charge in [-0.15, -0.1) is 17.9 Å². The van der Waals surface area contributed by atoms with Crippen LogP contribution in [0.1, 0.15) is 15.3 Å². The van der Waals surface area contributed by atoms with Crippen LogP contribution in [0, 0.1) is 6.92 Å². The quantitative estimate of drug-likeness (QED) is 0.694. The van der Waals surface area contributed by atoms with Crippen LogP contribution in [0.2, 0.25) is 0 Å². The van der Waals surface area contributed by atoms with Crippen molar-refractivity contribution in [3.63, 3.8) is 0 Å². The predicted octanol–water partition coefficient (Wildman–Crippen LogP) is 1.76. The molecule has 3 nitrogen and oxygen atoms in total. The molecule has 0 radical (unpaired) electrons. The van der Waals surface area contributed by atoms with Crippen molar-refractivity contribution in [2.24, 2.45) is 0 Å². The average molecular weight is 254 g/mol. The van der Waals surface area contributed by atoms with E-state index in [9.17, 15) is 0 Å². The minimum absolute atomic E-state index is 0.195. The summed E-state index contributed by atoms with van der Waals surface area (Å²) in [7, 11) is 1.96. The summed E-state index contributed by atoms with van der Waals surface area (Å²) in [5.41, 5.74) is 1.36. The highest BCUT2D eigenvalue weighted by Crippen LogP contribution is 2.22. The Balaban J connectivity index is 2.67. The van der Waals surface area contributed by atoms with E-state index in [0.717, 1.165) is 19.6 Å². The molecule has 0 saturated heterocycles. The lowest BCUT2D eigenvalue weighted by Gasteiger charge is -2.19. The van der Waals surface area contributed by atoms with Gasteiger partial charge in [-0.05, 0) is 25.6 Å².